The first-order chi connectivity index (χ1) is 17.1. The van der Waals surface area contributed by atoms with E-state index in [1.165, 1.54) is 28.8 Å². The smallest absolute Gasteiger partial charge is 0.356 e. The van der Waals surface area contributed by atoms with Crippen molar-refractivity contribution in [3.63, 3.8) is 0 Å². The molecular formula is C25H22ClFN6O3. The van der Waals surface area contributed by atoms with E-state index in [1.54, 1.807) is 12.3 Å². The van der Waals surface area contributed by atoms with Crippen LogP contribution < -0.4 is 15.8 Å². The summed E-state index contributed by atoms with van der Waals surface area (Å²) in [5.74, 6) is -1.18. The number of aromatic nitrogens is 4. The molecule has 5 rings (SSSR count). The summed E-state index contributed by atoms with van der Waals surface area (Å²) in [6.07, 6.45) is 2.89. The number of aromatic carboxylic acids is 1. The molecule has 184 valence electrons. The first-order valence-electron chi connectivity index (χ1n) is 11.2. The average Bonchev–Trinajstić information content (AvgIpc) is 3.15. The quantitative estimate of drug-likeness (QED) is 0.378. The van der Waals surface area contributed by atoms with Crippen molar-refractivity contribution in [3.8, 4) is 0 Å². The van der Waals surface area contributed by atoms with E-state index in [0.717, 1.165) is 16.8 Å². The van der Waals surface area contributed by atoms with Crippen LogP contribution in [0.4, 0.5) is 15.9 Å². The lowest BCUT2D eigenvalue weighted by Crippen LogP contribution is -2.25. The average molecular weight is 509 g/mol. The van der Waals surface area contributed by atoms with E-state index < -0.39 is 17.8 Å². The zero-order valence-corrected chi connectivity index (χ0v) is 20.4. The molecule has 1 aliphatic rings. The maximum absolute atomic E-state index is 13.7. The highest BCUT2D eigenvalue weighted by Gasteiger charge is 2.30. The molecule has 0 saturated heterocycles. The molecule has 4 aromatic heterocycles. The number of pyridine rings is 3. The van der Waals surface area contributed by atoms with E-state index in [0.29, 0.717) is 23.6 Å². The maximum atomic E-state index is 13.7. The minimum atomic E-state index is -1.22. The fourth-order valence-corrected chi connectivity index (χ4v) is 4.74. The SMILES string of the molecule is Cc1cc([C@@H](C)Nc2ccc(Cl)nc2C(=O)O)c2nc(N3Cc4cc(F)cnc4[C@H]3C)cc(=O)n2c1. The molecule has 5 heterocycles. The minimum Gasteiger partial charge on any atom is -0.476 e. The third-order valence-electron chi connectivity index (χ3n) is 6.28. The number of rotatable bonds is 5. The van der Waals surface area contributed by atoms with Gasteiger partial charge in [-0.15, -0.1) is 0 Å². The summed E-state index contributed by atoms with van der Waals surface area (Å²) < 4.78 is 15.2. The van der Waals surface area contributed by atoms with Gasteiger partial charge < -0.3 is 15.3 Å². The van der Waals surface area contributed by atoms with Gasteiger partial charge in [-0.05, 0) is 56.2 Å². The summed E-state index contributed by atoms with van der Waals surface area (Å²) in [5.41, 5.74) is 3.24. The highest BCUT2D eigenvalue weighted by Crippen LogP contribution is 2.35. The van der Waals surface area contributed by atoms with Crippen molar-refractivity contribution in [1.29, 1.82) is 0 Å². The Bertz CT molecular complexity index is 1590. The molecule has 2 atom stereocenters. The molecule has 4 aromatic rings. The van der Waals surface area contributed by atoms with Gasteiger partial charge in [-0.1, -0.05) is 11.6 Å². The summed E-state index contributed by atoms with van der Waals surface area (Å²) in [6.45, 7) is 6.01. The third kappa shape index (κ3) is 4.13. The second kappa shape index (κ2) is 8.87. The summed E-state index contributed by atoms with van der Waals surface area (Å²) in [7, 11) is 0. The lowest BCUT2D eigenvalue weighted by Gasteiger charge is -2.24. The molecule has 36 heavy (non-hydrogen) atoms. The number of hydrogen-bond donors (Lipinski definition) is 2. The minimum absolute atomic E-state index is 0.0690. The Morgan fingerprint density at radius 1 is 1.28 bits per heavy atom. The highest BCUT2D eigenvalue weighted by molar-refractivity contribution is 6.29. The van der Waals surface area contributed by atoms with Crippen LogP contribution in [0.3, 0.4) is 0 Å². The molecule has 2 N–H and O–H groups in total. The molecule has 11 heteroatoms. The molecule has 0 aliphatic carbocycles. The number of carboxylic acids is 1. The summed E-state index contributed by atoms with van der Waals surface area (Å²) in [4.78, 5) is 39.7. The summed E-state index contributed by atoms with van der Waals surface area (Å²) in [5, 5.41) is 12.8. The number of nitrogens with zero attached hydrogens (tertiary/aromatic N) is 5. The molecular weight excluding hydrogens is 487 g/mol. The number of fused-ring (bicyclic) bond motifs is 2. The molecule has 0 spiro atoms. The molecule has 0 fully saturated rings. The molecule has 0 amide bonds. The molecule has 9 nitrogen and oxygen atoms in total. The predicted molar refractivity (Wildman–Crippen MR) is 133 cm³/mol. The van der Waals surface area contributed by atoms with Crippen LogP contribution in [0.2, 0.25) is 5.15 Å². The van der Waals surface area contributed by atoms with Crippen LogP contribution >= 0.6 is 11.6 Å². The number of nitrogens with one attached hydrogen (secondary N) is 1. The molecule has 1 aliphatic heterocycles. The standard InChI is InChI=1S/C25H22ClFN6O3/c1-12-6-17(13(2)29-18-4-5-19(26)30-23(18)25(35)36)24-31-20(8-21(34)33(24)10-12)32-11-15-7-16(27)9-28-22(15)14(32)3/h4-10,13-14,29H,11H2,1-3H3,(H,35,36)/t13-,14-/m1/s1. The van der Waals surface area contributed by atoms with E-state index >= 15 is 0 Å². The number of carboxylic acid groups (broad SMARTS) is 1. The lowest BCUT2D eigenvalue weighted by atomic mass is 10.1. The van der Waals surface area contributed by atoms with Crippen LogP contribution in [-0.2, 0) is 6.54 Å². The molecule has 0 radical (unpaired) electrons. The van der Waals surface area contributed by atoms with Gasteiger partial charge in [-0.3, -0.25) is 14.2 Å². The summed E-state index contributed by atoms with van der Waals surface area (Å²) in [6, 6.07) is 7.22. The monoisotopic (exact) mass is 508 g/mol. The fraction of sp³-hybridized carbons (Fsp3) is 0.240. The van der Waals surface area contributed by atoms with Gasteiger partial charge in [0.1, 0.15) is 22.4 Å². The van der Waals surface area contributed by atoms with Gasteiger partial charge in [-0.25, -0.2) is 19.2 Å². The van der Waals surface area contributed by atoms with E-state index in [9.17, 15) is 19.1 Å². The highest BCUT2D eigenvalue weighted by atomic mass is 35.5. The molecule has 0 aromatic carbocycles. The van der Waals surface area contributed by atoms with Crippen molar-refractivity contribution in [2.45, 2.75) is 39.4 Å². The van der Waals surface area contributed by atoms with Gasteiger partial charge in [0.25, 0.3) is 5.56 Å². The van der Waals surface area contributed by atoms with E-state index in [4.69, 9.17) is 16.6 Å². The number of carbonyl (C=O) groups is 1. The lowest BCUT2D eigenvalue weighted by molar-refractivity contribution is 0.0691. The van der Waals surface area contributed by atoms with Crippen molar-refractivity contribution in [2.75, 3.05) is 10.2 Å². The van der Waals surface area contributed by atoms with Gasteiger partial charge in [0, 0.05) is 24.4 Å². The van der Waals surface area contributed by atoms with Gasteiger partial charge in [0.2, 0.25) is 0 Å². The van der Waals surface area contributed by atoms with E-state index in [1.807, 2.05) is 31.7 Å². The van der Waals surface area contributed by atoms with Crippen molar-refractivity contribution < 1.29 is 14.3 Å². The van der Waals surface area contributed by atoms with E-state index in [-0.39, 0.29) is 28.1 Å². The number of hydrogen-bond acceptors (Lipinski definition) is 7. The third-order valence-corrected chi connectivity index (χ3v) is 6.49. The van der Waals surface area contributed by atoms with Crippen LogP contribution in [0.5, 0.6) is 0 Å². The first kappa shape index (κ1) is 23.7. The first-order valence-corrected chi connectivity index (χ1v) is 11.6. The topological polar surface area (TPSA) is 113 Å². The van der Waals surface area contributed by atoms with Gasteiger partial charge in [0.15, 0.2) is 5.69 Å². The van der Waals surface area contributed by atoms with Gasteiger partial charge in [-0.2, -0.15) is 0 Å². The maximum Gasteiger partial charge on any atom is 0.356 e. The second-order valence-electron chi connectivity index (χ2n) is 8.82. The van der Waals surface area contributed by atoms with Crippen molar-refractivity contribution in [2.24, 2.45) is 0 Å². The molecule has 0 unspecified atom stereocenters. The van der Waals surface area contributed by atoms with Gasteiger partial charge in [0.05, 0.1) is 29.7 Å². The number of halogens is 2. The van der Waals surface area contributed by atoms with Crippen LogP contribution in [-0.4, -0.2) is 30.4 Å². The number of anilines is 2. The fourth-order valence-electron chi connectivity index (χ4n) is 4.59. The Balaban J connectivity index is 1.58. The van der Waals surface area contributed by atoms with Crippen molar-refractivity contribution >= 4 is 34.7 Å². The van der Waals surface area contributed by atoms with E-state index in [2.05, 4.69) is 15.3 Å². The Morgan fingerprint density at radius 2 is 2.06 bits per heavy atom. The Labute approximate surface area is 210 Å². The zero-order valence-electron chi connectivity index (χ0n) is 19.7. The van der Waals surface area contributed by atoms with Crippen LogP contribution in [0, 0.1) is 12.7 Å². The van der Waals surface area contributed by atoms with Crippen LogP contribution in [0.1, 0.15) is 58.8 Å². The zero-order chi connectivity index (χ0) is 25.7. The van der Waals surface area contributed by atoms with Gasteiger partial charge >= 0.3 is 5.97 Å². The molecule has 0 saturated carbocycles. The predicted octanol–water partition coefficient (Wildman–Crippen LogP) is 4.54. The Kier molecular flexibility index (Phi) is 5.83. The largest absolute Gasteiger partial charge is 0.476 e. The summed E-state index contributed by atoms with van der Waals surface area (Å²) >= 11 is 5.88. The number of aryl methyl sites for hydroxylation is 1. The van der Waals surface area contributed by atoms with Crippen LogP contribution in [0.15, 0.2) is 47.5 Å². The van der Waals surface area contributed by atoms with Crippen LogP contribution in [0.25, 0.3) is 5.65 Å². The van der Waals surface area contributed by atoms with Crippen molar-refractivity contribution in [1.82, 2.24) is 19.4 Å². The Hall–Kier alpha value is -4.05. The van der Waals surface area contributed by atoms with Crippen molar-refractivity contribution in [3.05, 3.63) is 92.1 Å². The Morgan fingerprint density at radius 3 is 2.81 bits per heavy atom. The molecule has 0 bridgehead atoms. The second-order valence-corrected chi connectivity index (χ2v) is 9.21. The normalized spacial score (nSPS) is 15.7.